The van der Waals surface area contributed by atoms with Crippen LogP contribution in [0.5, 0.6) is 0 Å². The summed E-state index contributed by atoms with van der Waals surface area (Å²) in [5, 5.41) is 1.84. The third-order valence-electron chi connectivity index (χ3n) is 2.55. The van der Waals surface area contributed by atoms with E-state index < -0.39 is 5.91 Å². The van der Waals surface area contributed by atoms with E-state index in [9.17, 15) is 9.59 Å². The zero-order valence-electron chi connectivity index (χ0n) is 9.88. The van der Waals surface area contributed by atoms with E-state index in [0.717, 1.165) is 0 Å². The second-order valence-corrected chi connectivity index (χ2v) is 4.76. The number of pyridine rings is 1. The summed E-state index contributed by atoms with van der Waals surface area (Å²) in [6.07, 6.45) is 1.82. The predicted molar refractivity (Wildman–Crippen MR) is 69.9 cm³/mol. The monoisotopic (exact) mass is 275 g/mol. The molecular weight excluding hydrogens is 266 g/mol. The van der Waals surface area contributed by atoms with Gasteiger partial charge in [-0.05, 0) is 12.1 Å². The molecule has 0 fully saturated rings. The number of aromatic nitrogens is 4. The van der Waals surface area contributed by atoms with Crippen molar-refractivity contribution in [3.05, 3.63) is 44.7 Å². The second-order valence-electron chi connectivity index (χ2n) is 3.89. The van der Waals surface area contributed by atoms with Crippen molar-refractivity contribution < 1.29 is 4.79 Å². The smallest absolute Gasteiger partial charge is 0.325 e. The van der Waals surface area contributed by atoms with Gasteiger partial charge < -0.3 is 9.55 Å². The molecule has 0 saturated heterocycles. The van der Waals surface area contributed by atoms with Crippen molar-refractivity contribution in [1.82, 2.24) is 19.5 Å². The molecule has 3 heterocycles. The normalized spacial score (nSPS) is 12.2. The predicted octanol–water partition coefficient (Wildman–Crippen LogP) is 0.392. The molecule has 7 nitrogen and oxygen atoms in total. The number of hydrogen-bond donors (Lipinski definition) is 2. The zero-order chi connectivity index (χ0) is 13.4. The third kappa shape index (κ3) is 2.13. The summed E-state index contributed by atoms with van der Waals surface area (Å²) in [4.78, 5) is 36.8. The van der Waals surface area contributed by atoms with Crippen LogP contribution in [0.4, 0.5) is 0 Å². The maximum Gasteiger partial charge on any atom is 0.325 e. The summed E-state index contributed by atoms with van der Waals surface area (Å²) in [5.74, 6) is -0.443. The van der Waals surface area contributed by atoms with Gasteiger partial charge in [0.15, 0.2) is 10.4 Å². The topological polar surface area (TPSA) is 95.9 Å². The number of hydrogen-bond acceptors (Lipinski definition) is 4. The van der Waals surface area contributed by atoms with E-state index >= 15 is 0 Å². The Labute approximate surface area is 110 Å². The van der Waals surface area contributed by atoms with Gasteiger partial charge in [-0.25, -0.2) is 9.78 Å². The number of thiazole rings is 1. The summed E-state index contributed by atoms with van der Waals surface area (Å²) in [6.45, 7) is 0. The molecule has 8 heteroatoms. The summed E-state index contributed by atoms with van der Waals surface area (Å²) in [7, 11) is 1.81. The van der Waals surface area contributed by atoms with Crippen molar-refractivity contribution >= 4 is 28.4 Å². The molecule has 1 amide bonds. The minimum atomic E-state index is -0.443. The van der Waals surface area contributed by atoms with Gasteiger partial charge in [-0.3, -0.25) is 9.78 Å². The molecule has 0 spiro atoms. The van der Waals surface area contributed by atoms with Crippen LogP contribution in [0.3, 0.4) is 0 Å². The van der Waals surface area contributed by atoms with E-state index in [1.807, 2.05) is 18.6 Å². The Morgan fingerprint density at radius 3 is 3.00 bits per heavy atom. The number of imidazole rings is 1. The summed E-state index contributed by atoms with van der Waals surface area (Å²) in [6, 6.07) is 3.16. The fourth-order valence-electron chi connectivity index (χ4n) is 1.61. The van der Waals surface area contributed by atoms with Crippen molar-refractivity contribution in [2.24, 2.45) is 12.0 Å². The van der Waals surface area contributed by atoms with Crippen LogP contribution in [0.15, 0.2) is 33.5 Å². The number of nitrogens with one attached hydrogen (secondary N) is 2. The first-order chi connectivity index (χ1) is 9.13. The Morgan fingerprint density at radius 2 is 2.26 bits per heavy atom. The lowest BCUT2D eigenvalue weighted by Crippen LogP contribution is -2.13. The SMILES string of the molecule is Cn1ccsc1=NC(=O)c1ccc2[nH]c(=O)[nH]c2n1. The maximum atomic E-state index is 12.0. The quantitative estimate of drug-likeness (QED) is 0.672. The van der Waals surface area contributed by atoms with E-state index in [-0.39, 0.29) is 11.4 Å². The molecule has 96 valence electrons. The Kier molecular flexibility index (Phi) is 2.64. The van der Waals surface area contributed by atoms with Crippen LogP contribution in [0.1, 0.15) is 10.5 Å². The van der Waals surface area contributed by atoms with Crippen LogP contribution < -0.4 is 10.5 Å². The zero-order valence-corrected chi connectivity index (χ0v) is 10.7. The Bertz CT molecular complexity index is 882. The van der Waals surface area contributed by atoms with Gasteiger partial charge in [-0.1, -0.05) is 0 Å². The van der Waals surface area contributed by atoms with E-state index in [2.05, 4.69) is 19.9 Å². The summed E-state index contributed by atoms with van der Waals surface area (Å²) < 4.78 is 1.75. The number of fused-ring (bicyclic) bond motifs is 1. The minimum Gasteiger partial charge on any atom is -0.327 e. The number of amides is 1. The van der Waals surface area contributed by atoms with Crippen molar-refractivity contribution in [3.8, 4) is 0 Å². The largest absolute Gasteiger partial charge is 0.327 e. The fourth-order valence-corrected chi connectivity index (χ4v) is 2.34. The van der Waals surface area contributed by atoms with Gasteiger partial charge >= 0.3 is 5.69 Å². The van der Waals surface area contributed by atoms with Crippen LogP contribution in [-0.2, 0) is 7.05 Å². The molecule has 0 unspecified atom stereocenters. The van der Waals surface area contributed by atoms with Crippen LogP contribution in [0.25, 0.3) is 11.2 Å². The summed E-state index contributed by atoms with van der Waals surface area (Å²) in [5.41, 5.74) is 0.745. The van der Waals surface area contributed by atoms with E-state index in [4.69, 9.17) is 0 Å². The number of H-pyrrole nitrogens is 2. The Balaban J connectivity index is 2.07. The highest BCUT2D eigenvalue weighted by Gasteiger charge is 2.08. The van der Waals surface area contributed by atoms with Crippen LogP contribution >= 0.6 is 11.3 Å². The van der Waals surface area contributed by atoms with Gasteiger partial charge in [0.25, 0.3) is 5.91 Å². The number of aromatic amines is 2. The second kappa shape index (κ2) is 4.32. The van der Waals surface area contributed by atoms with Gasteiger partial charge in [0, 0.05) is 18.6 Å². The van der Waals surface area contributed by atoms with Gasteiger partial charge in [0.2, 0.25) is 0 Å². The number of rotatable bonds is 1. The molecule has 0 aromatic carbocycles. The van der Waals surface area contributed by atoms with Crippen molar-refractivity contribution in [2.75, 3.05) is 0 Å². The molecule has 0 bridgehead atoms. The molecule has 0 saturated carbocycles. The van der Waals surface area contributed by atoms with Crippen molar-refractivity contribution in [2.45, 2.75) is 0 Å². The van der Waals surface area contributed by atoms with Gasteiger partial charge in [0.05, 0.1) is 5.52 Å². The van der Waals surface area contributed by atoms with E-state index in [1.54, 1.807) is 10.6 Å². The molecule has 3 aromatic rings. The number of carbonyl (C=O) groups excluding carboxylic acids is 1. The Hall–Kier alpha value is -2.48. The molecule has 0 aliphatic rings. The van der Waals surface area contributed by atoms with E-state index in [1.165, 1.54) is 17.4 Å². The lowest BCUT2D eigenvalue weighted by molar-refractivity contribution is 0.0993. The molecule has 0 aliphatic heterocycles. The molecule has 19 heavy (non-hydrogen) atoms. The molecule has 0 aliphatic carbocycles. The molecule has 3 aromatic heterocycles. The third-order valence-corrected chi connectivity index (χ3v) is 3.40. The molecule has 2 N–H and O–H groups in total. The number of nitrogens with zero attached hydrogens (tertiary/aromatic N) is 3. The first-order valence-electron chi connectivity index (χ1n) is 5.42. The number of aryl methyl sites for hydroxylation is 1. The lowest BCUT2D eigenvalue weighted by atomic mass is 10.3. The Morgan fingerprint density at radius 1 is 1.42 bits per heavy atom. The lowest BCUT2D eigenvalue weighted by Gasteiger charge is -1.94. The van der Waals surface area contributed by atoms with Crippen LogP contribution in [-0.4, -0.2) is 25.4 Å². The summed E-state index contributed by atoms with van der Waals surface area (Å²) >= 11 is 1.36. The first-order valence-corrected chi connectivity index (χ1v) is 6.30. The molecule has 0 atom stereocenters. The van der Waals surface area contributed by atoms with Crippen LogP contribution in [0.2, 0.25) is 0 Å². The first kappa shape index (κ1) is 11.6. The standard InChI is InChI=1S/C11H9N5O2S/c1-16-4-5-19-11(16)15-9(17)7-3-2-6-8(12-7)14-10(18)13-6/h2-5H,1H3,(H2,12,13,14,18). The maximum absolute atomic E-state index is 12.0. The van der Waals surface area contributed by atoms with Gasteiger partial charge in [-0.2, -0.15) is 4.99 Å². The van der Waals surface area contributed by atoms with E-state index in [0.29, 0.717) is 16.0 Å². The van der Waals surface area contributed by atoms with Crippen LogP contribution in [0, 0.1) is 0 Å². The average molecular weight is 275 g/mol. The minimum absolute atomic E-state index is 0.191. The fraction of sp³-hybridized carbons (Fsp3) is 0.0909. The van der Waals surface area contributed by atoms with Crippen molar-refractivity contribution in [3.63, 3.8) is 0 Å². The molecule has 3 rings (SSSR count). The van der Waals surface area contributed by atoms with Gasteiger partial charge in [0.1, 0.15) is 5.69 Å². The van der Waals surface area contributed by atoms with Crippen molar-refractivity contribution in [1.29, 1.82) is 0 Å². The molecule has 0 radical (unpaired) electrons. The highest BCUT2D eigenvalue weighted by Crippen LogP contribution is 2.06. The van der Waals surface area contributed by atoms with Gasteiger partial charge in [-0.15, -0.1) is 11.3 Å². The average Bonchev–Trinajstić information content (AvgIpc) is 2.93. The highest BCUT2D eigenvalue weighted by molar-refractivity contribution is 7.07. The highest BCUT2D eigenvalue weighted by atomic mass is 32.1. The molecular formula is C11H9N5O2S. The number of carbonyl (C=O) groups is 1.